The molecule has 0 radical (unpaired) electrons. The first-order valence-corrected chi connectivity index (χ1v) is 4.98. The lowest BCUT2D eigenvalue weighted by atomic mass is 10.2. The summed E-state index contributed by atoms with van der Waals surface area (Å²) in [5, 5.41) is 3.18. The van der Waals surface area contributed by atoms with Crippen molar-refractivity contribution in [1.29, 1.82) is 0 Å². The van der Waals surface area contributed by atoms with Gasteiger partial charge in [0.25, 0.3) is 0 Å². The Balaban J connectivity index is 0.000000461. The molecule has 0 atom stereocenters. The minimum Gasteiger partial charge on any atom is -0.492 e. The number of hydrogen-bond acceptors (Lipinski definition) is 2. The highest BCUT2D eigenvalue weighted by Crippen LogP contribution is 2.20. The lowest BCUT2D eigenvalue weighted by Gasteiger charge is -2.04. The lowest BCUT2D eigenvalue weighted by Crippen LogP contribution is -2.16. The molecule has 1 heterocycles. The minimum atomic E-state index is -0.240. The summed E-state index contributed by atoms with van der Waals surface area (Å²) in [4.78, 5) is 0. The molecule has 3 heteroatoms. The molecule has 1 aliphatic rings. The molecule has 0 saturated carbocycles. The van der Waals surface area contributed by atoms with Crippen molar-refractivity contribution in [3.05, 3.63) is 29.6 Å². The molecule has 1 N–H and O–H groups in total. The molecule has 1 aromatic carbocycles. The zero-order valence-electron chi connectivity index (χ0n) is 8.64. The van der Waals surface area contributed by atoms with Gasteiger partial charge in [-0.05, 0) is 6.07 Å². The number of fused-ring (bicyclic) bond motifs is 1. The Kier molecular flexibility index (Phi) is 4.40. The van der Waals surface area contributed by atoms with Crippen LogP contribution in [0.15, 0.2) is 18.2 Å². The van der Waals surface area contributed by atoms with E-state index in [1.54, 1.807) is 6.07 Å². The topological polar surface area (TPSA) is 21.3 Å². The van der Waals surface area contributed by atoms with Crippen LogP contribution >= 0.6 is 0 Å². The third-order valence-corrected chi connectivity index (χ3v) is 1.88. The van der Waals surface area contributed by atoms with Crippen molar-refractivity contribution in [2.45, 2.75) is 20.4 Å². The molecule has 78 valence electrons. The molecule has 2 nitrogen and oxygen atoms in total. The van der Waals surface area contributed by atoms with Crippen molar-refractivity contribution in [2.24, 2.45) is 0 Å². The van der Waals surface area contributed by atoms with Gasteiger partial charge in [-0.1, -0.05) is 19.9 Å². The highest BCUT2D eigenvalue weighted by atomic mass is 19.1. The molecule has 1 aromatic rings. The number of benzene rings is 1. The maximum atomic E-state index is 12.7. The summed E-state index contributed by atoms with van der Waals surface area (Å²) < 4.78 is 18.1. The maximum Gasteiger partial charge on any atom is 0.126 e. The summed E-state index contributed by atoms with van der Waals surface area (Å²) in [6, 6.07) is 4.64. The van der Waals surface area contributed by atoms with E-state index in [2.05, 4.69) is 5.32 Å². The fourth-order valence-electron chi connectivity index (χ4n) is 1.27. The van der Waals surface area contributed by atoms with Crippen LogP contribution < -0.4 is 10.1 Å². The normalized spacial score (nSPS) is 14.2. The van der Waals surface area contributed by atoms with E-state index in [9.17, 15) is 4.39 Å². The first kappa shape index (κ1) is 11.0. The summed E-state index contributed by atoms with van der Waals surface area (Å²) in [5.41, 5.74) is 1.02. The van der Waals surface area contributed by atoms with Gasteiger partial charge in [-0.25, -0.2) is 4.39 Å². The standard InChI is InChI=1S/C9H10FNO.C2H6/c10-8-2-1-7-6-11-3-4-12-9(7)5-8;1-2/h1-2,5,11H,3-4,6H2;1-2H3. The summed E-state index contributed by atoms with van der Waals surface area (Å²) in [7, 11) is 0. The van der Waals surface area contributed by atoms with E-state index < -0.39 is 0 Å². The summed E-state index contributed by atoms with van der Waals surface area (Å²) in [6.45, 7) is 6.18. The average Bonchev–Trinajstić information content (AvgIpc) is 2.45. The van der Waals surface area contributed by atoms with Crippen molar-refractivity contribution in [2.75, 3.05) is 13.2 Å². The summed E-state index contributed by atoms with van der Waals surface area (Å²) in [5.74, 6) is 0.427. The molecular weight excluding hydrogens is 181 g/mol. The van der Waals surface area contributed by atoms with Crippen molar-refractivity contribution in [3.8, 4) is 5.75 Å². The minimum absolute atomic E-state index is 0.240. The molecule has 0 aromatic heterocycles. The maximum absolute atomic E-state index is 12.7. The summed E-state index contributed by atoms with van der Waals surface area (Å²) in [6.07, 6.45) is 0. The Bertz CT molecular complexity index is 289. The van der Waals surface area contributed by atoms with Gasteiger partial charge in [0.1, 0.15) is 18.2 Å². The molecule has 0 saturated heterocycles. The van der Waals surface area contributed by atoms with Crippen LogP contribution in [-0.4, -0.2) is 13.2 Å². The number of hydrogen-bond donors (Lipinski definition) is 1. The Morgan fingerprint density at radius 2 is 2.14 bits per heavy atom. The number of ether oxygens (including phenoxy) is 1. The van der Waals surface area contributed by atoms with Gasteiger partial charge in [-0.15, -0.1) is 0 Å². The Morgan fingerprint density at radius 1 is 1.36 bits per heavy atom. The smallest absolute Gasteiger partial charge is 0.126 e. The highest BCUT2D eigenvalue weighted by molar-refractivity contribution is 5.34. The van der Waals surface area contributed by atoms with E-state index in [1.165, 1.54) is 12.1 Å². The molecule has 0 bridgehead atoms. The van der Waals surface area contributed by atoms with Crippen LogP contribution in [0.1, 0.15) is 19.4 Å². The van der Waals surface area contributed by atoms with Crippen LogP contribution in [0.4, 0.5) is 4.39 Å². The van der Waals surface area contributed by atoms with E-state index >= 15 is 0 Å². The number of halogens is 1. The van der Waals surface area contributed by atoms with E-state index in [0.717, 1.165) is 18.7 Å². The second-order valence-corrected chi connectivity index (χ2v) is 2.78. The monoisotopic (exact) mass is 197 g/mol. The van der Waals surface area contributed by atoms with E-state index in [1.807, 2.05) is 13.8 Å². The van der Waals surface area contributed by atoms with Crippen LogP contribution in [-0.2, 0) is 6.54 Å². The molecule has 0 spiro atoms. The van der Waals surface area contributed by atoms with Crippen LogP contribution in [0.5, 0.6) is 5.75 Å². The third kappa shape index (κ3) is 2.70. The van der Waals surface area contributed by atoms with Crippen molar-refractivity contribution < 1.29 is 9.13 Å². The fourth-order valence-corrected chi connectivity index (χ4v) is 1.27. The van der Waals surface area contributed by atoms with Crippen LogP contribution in [0, 0.1) is 5.82 Å². The van der Waals surface area contributed by atoms with Gasteiger partial charge in [0.15, 0.2) is 0 Å². The van der Waals surface area contributed by atoms with E-state index in [-0.39, 0.29) is 5.82 Å². The molecule has 2 rings (SSSR count). The van der Waals surface area contributed by atoms with Gasteiger partial charge >= 0.3 is 0 Å². The Morgan fingerprint density at radius 3 is 2.93 bits per heavy atom. The zero-order chi connectivity index (χ0) is 10.4. The van der Waals surface area contributed by atoms with Gasteiger partial charge in [-0.2, -0.15) is 0 Å². The van der Waals surface area contributed by atoms with Crippen molar-refractivity contribution in [1.82, 2.24) is 5.32 Å². The second kappa shape index (κ2) is 5.60. The quantitative estimate of drug-likeness (QED) is 0.689. The first-order valence-electron chi connectivity index (χ1n) is 4.98. The van der Waals surface area contributed by atoms with Gasteiger partial charge in [0.2, 0.25) is 0 Å². The molecule has 0 aliphatic carbocycles. The van der Waals surface area contributed by atoms with Crippen molar-refractivity contribution in [3.63, 3.8) is 0 Å². The van der Waals surface area contributed by atoms with E-state index in [4.69, 9.17) is 4.74 Å². The number of rotatable bonds is 0. The molecule has 1 aliphatic heterocycles. The summed E-state index contributed by atoms with van der Waals surface area (Å²) >= 11 is 0. The largest absolute Gasteiger partial charge is 0.492 e. The zero-order valence-corrected chi connectivity index (χ0v) is 8.64. The van der Waals surface area contributed by atoms with Crippen LogP contribution in [0.25, 0.3) is 0 Å². The third-order valence-electron chi connectivity index (χ3n) is 1.88. The Hall–Kier alpha value is -1.09. The molecule has 0 amide bonds. The van der Waals surface area contributed by atoms with Gasteiger partial charge in [0.05, 0.1) is 0 Å². The van der Waals surface area contributed by atoms with Crippen LogP contribution in [0.3, 0.4) is 0 Å². The molecule has 0 fully saturated rings. The fraction of sp³-hybridized carbons (Fsp3) is 0.455. The highest BCUT2D eigenvalue weighted by Gasteiger charge is 2.08. The Labute approximate surface area is 84.1 Å². The predicted molar refractivity (Wildman–Crippen MR) is 54.9 cm³/mol. The molecular formula is C11H16FNO. The molecule has 14 heavy (non-hydrogen) atoms. The predicted octanol–water partition coefficient (Wildman–Crippen LogP) is 2.33. The van der Waals surface area contributed by atoms with Crippen LogP contribution in [0.2, 0.25) is 0 Å². The SMILES string of the molecule is CC.Fc1ccc2c(c1)OCCNC2. The van der Waals surface area contributed by atoms with Gasteiger partial charge in [-0.3, -0.25) is 0 Å². The second-order valence-electron chi connectivity index (χ2n) is 2.78. The first-order chi connectivity index (χ1) is 6.86. The van der Waals surface area contributed by atoms with Gasteiger partial charge in [0, 0.05) is 24.7 Å². The number of nitrogens with one attached hydrogen (secondary N) is 1. The van der Waals surface area contributed by atoms with Gasteiger partial charge < -0.3 is 10.1 Å². The van der Waals surface area contributed by atoms with E-state index in [0.29, 0.717) is 12.4 Å². The molecule has 0 unspecified atom stereocenters. The average molecular weight is 197 g/mol. The van der Waals surface area contributed by atoms with Crippen molar-refractivity contribution >= 4 is 0 Å². The lowest BCUT2D eigenvalue weighted by molar-refractivity contribution is 0.324.